The Kier molecular flexibility index (Phi) is 5.36. The predicted molar refractivity (Wildman–Crippen MR) is 90.9 cm³/mol. The highest BCUT2D eigenvalue weighted by Crippen LogP contribution is 2.23. The van der Waals surface area contributed by atoms with Crippen LogP contribution in [0.25, 0.3) is 0 Å². The van der Waals surface area contributed by atoms with Gasteiger partial charge in [-0.25, -0.2) is 13.4 Å². The molecular weight excluding hydrogens is 316 g/mol. The van der Waals surface area contributed by atoms with Gasteiger partial charge >= 0.3 is 0 Å². The minimum atomic E-state index is -3.14. The average molecular weight is 338 g/mol. The summed E-state index contributed by atoms with van der Waals surface area (Å²) < 4.78 is 23.0. The number of hydrogen-bond donors (Lipinski definition) is 0. The summed E-state index contributed by atoms with van der Waals surface area (Å²) in [5.41, 5.74) is 2.19. The Hall–Kier alpha value is -1.24. The van der Waals surface area contributed by atoms with E-state index in [1.807, 2.05) is 12.1 Å². The number of benzene rings is 1. The van der Waals surface area contributed by atoms with Gasteiger partial charge in [0.25, 0.3) is 0 Å². The van der Waals surface area contributed by atoms with E-state index in [2.05, 4.69) is 36.2 Å². The van der Waals surface area contributed by atoms with Crippen LogP contribution >= 0.6 is 11.3 Å². The van der Waals surface area contributed by atoms with Crippen LogP contribution in [0, 0.1) is 0 Å². The zero-order chi connectivity index (χ0) is 16.3. The van der Waals surface area contributed by atoms with E-state index in [0.29, 0.717) is 4.90 Å². The van der Waals surface area contributed by atoms with Crippen LogP contribution in [-0.4, -0.2) is 31.6 Å². The van der Waals surface area contributed by atoms with Gasteiger partial charge in [-0.1, -0.05) is 19.1 Å². The van der Waals surface area contributed by atoms with Crippen molar-refractivity contribution in [2.45, 2.75) is 37.8 Å². The lowest BCUT2D eigenvalue weighted by Gasteiger charge is -2.24. The summed E-state index contributed by atoms with van der Waals surface area (Å²) in [4.78, 5) is 7.16. The molecule has 0 unspecified atom stereocenters. The lowest BCUT2D eigenvalue weighted by atomic mass is 10.1. The summed E-state index contributed by atoms with van der Waals surface area (Å²) >= 11 is 1.70. The van der Waals surface area contributed by atoms with Crippen molar-refractivity contribution in [2.24, 2.45) is 0 Å². The molecule has 0 spiro atoms. The summed E-state index contributed by atoms with van der Waals surface area (Å²) in [6.45, 7) is 5.01. The summed E-state index contributed by atoms with van der Waals surface area (Å²) in [6, 6.07) is 7.31. The molecule has 120 valence electrons. The van der Waals surface area contributed by atoms with Crippen LogP contribution in [0.3, 0.4) is 0 Å². The molecule has 0 aliphatic heterocycles. The number of sulfone groups is 1. The topological polar surface area (TPSA) is 50.3 Å². The number of nitrogens with zero attached hydrogens (tertiary/aromatic N) is 2. The Bertz CT molecular complexity index is 721. The third kappa shape index (κ3) is 4.15. The molecule has 2 rings (SSSR count). The zero-order valence-corrected chi connectivity index (χ0v) is 15.0. The molecule has 0 bridgehead atoms. The van der Waals surface area contributed by atoms with Crippen molar-refractivity contribution in [1.29, 1.82) is 0 Å². The largest absolute Gasteiger partial charge is 0.294 e. The van der Waals surface area contributed by atoms with Crippen LogP contribution in [0.4, 0.5) is 0 Å². The smallest absolute Gasteiger partial charge is 0.175 e. The van der Waals surface area contributed by atoms with Crippen LogP contribution in [0.15, 0.2) is 34.5 Å². The first-order valence-electron chi connectivity index (χ1n) is 7.24. The molecule has 0 aliphatic rings. The Balaban J connectivity index is 2.08. The fourth-order valence-corrected chi connectivity index (χ4v) is 3.59. The molecule has 0 fully saturated rings. The van der Waals surface area contributed by atoms with Crippen molar-refractivity contribution in [2.75, 3.05) is 13.3 Å². The lowest BCUT2D eigenvalue weighted by Crippen LogP contribution is -2.22. The molecule has 1 aromatic carbocycles. The number of aromatic nitrogens is 1. The SMILES string of the molecule is CCc1nc(CN(C)[C@@H](C)c2ccc(S(C)(=O)=O)cc2)cs1. The summed E-state index contributed by atoms with van der Waals surface area (Å²) in [6.07, 6.45) is 2.20. The molecule has 6 heteroatoms. The molecule has 22 heavy (non-hydrogen) atoms. The van der Waals surface area contributed by atoms with Gasteiger partial charge in [-0.2, -0.15) is 0 Å². The first kappa shape index (κ1) is 17.1. The molecular formula is C16H22N2O2S2. The van der Waals surface area contributed by atoms with Gasteiger partial charge in [-0.15, -0.1) is 11.3 Å². The van der Waals surface area contributed by atoms with Gasteiger partial charge in [-0.05, 0) is 38.1 Å². The quantitative estimate of drug-likeness (QED) is 0.811. The molecule has 1 aromatic heterocycles. The van der Waals surface area contributed by atoms with Crippen molar-refractivity contribution in [3.63, 3.8) is 0 Å². The highest BCUT2D eigenvalue weighted by Gasteiger charge is 2.14. The Labute approximate surface area is 136 Å². The van der Waals surface area contributed by atoms with Gasteiger partial charge < -0.3 is 0 Å². The third-order valence-electron chi connectivity index (χ3n) is 3.76. The van der Waals surface area contributed by atoms with Crippen LogP contribution in [0.1, 0.15) is 36.2 Å². The van der Waals surface area contributed by atoms with E-state index in [0.717, 1.165) is 29.2 Å². The molecule has 0 radical (unpaired) electrons. The number of hydrogen-bond acceptors (Lipinski definition) is 5. The van der Waals surface area contributed by atoms with E-state index in [-0.39, 0.29) is 6.04 Å². The lowest BCUT2D eigenvalue weighted by molar-refractivity contribution is 0.250. The van der Waals surface area contributed by atoms with Crippen LogP contribution in [0.5, 0.6) is 0 Å². The second kappa shape index (κ2) is 6.89. The molecule has 0 amide bonds. The fourth-order valence-electron chi connectivity index (χ4n) is 2.22. The molecule has 0 N–H and O–H groups in total. The summed E-state index contributed by atoms with van der Waals surface area (Å²) in [7, 11) is -1.08. The van der Waals surface area contributed by atoms with Gasteiger partial charge in [0, 0.05) is 24.2 Å². The first-order valence-corrected chi connectivity index (χ1v) is 10.0. The maximum atomic E-state index is 11.5. The molecule has 0 aliphatic carbocycles. The van der Waals surface area contributed by atoms with E-state index in [4.69, 9.17) is 0 Å². The van der Waals surface area contributed by atoms with E-state index in [1.54, 1.807) is 23.5 Å². The van der Waals surface area contributed by atoms with Crippen molar-refractivity contribution < 1.29 is 8.42 Å². The fraction of sp³-hybridized carbons (Fsp3) is 0.438. The number of rotatable bonds is 6. The molecule has 0 saturated carbocycles. The molecule has 0 saturated heterocycles. The highest BCUT2D eigenvalue weighted by molar-refractivity contribution is 7.90. The van der Waals surface area contributed by atoms with Crippen molar-refractivity contribution in [3.05, 3.63) is 45.9 Å². The van der Waals surface area contributed by atoms with Crippen LogP contribution in [-0.2, 0) is 22.8 Å². The Morgan fingerprint density at radius 1 is 1.27 bits per heavy atom. The normalized spacial score (nSPS) is 13.5. The Morgan fingerprint density at radius 2 is 1.91 bits per heavy atom. The van der Waals surface area contributed by atoms with Crippen molar-refractivity contribution >= 4 is 21.2 Å². The Morgan fingerprint density at radius 3 is 2.41 bits per heavy atom. The number of aryl methyl sites for hydroxylation is 1. The van der Waals surface area contributed by atoms with E-state index >= 15 is 0 Å². The van der Waals surface area contributed by atoms with Gasteiger partial charge in [0.05, 0.1) is 15.6 Å². The standard InChI is InChI=1S/C16H22N2O2S2/c1-5-16-17-14(11-21-16)10-18(3)12(2)13-6-8-15(9-7-13)22(4,19)20/h6-9,11-12H,5,10H2,1-4H3/t12-/m0/s1. The third-order valence-corrected chi connectivity index (χ3v) is 5.94. The van der Waals surface area contributed by atoms with Crippen molar-refractivity contribution in [1.82, 2.24) is 9.88 Å². The second-order valence-corrected chi connectivity index (χ2v) is 8.48. The maximum Gasteiger partial charge on any atom is 0.175 e. The number of thiazole rings is 1. The van der Waals surface area contributed by atoms with Crippen LogP contribution in [0.2, 0.25) is 0 Å². The zero-order valence-electron chi connectivity index (χ0n) is 13.4. The minimum Gasteiger partial charge on any atom is -0.294 e. The van der Waals surface area contributed by atoms with E-state index in [9.17, 15) is 8.42 Å². The van der Waals surface area contributed by atoms with Gasteiger partial charge in [0.1, 0.15) is 0 Å². The average Bonchev–Trinajstić information content (AvgIpc) is 2.93. The molecule has 4 nitrogen and oxygen atoms in total. The minimum absolute atomic E-state index is 0.195. The van der Waals surface area contributed by atoms with Gasteiger partial charge in [0.2, 0.25) is 0 Å². The van der Waals surface area contributed by atoms with Gasteiger partial charge in [-0.3, -0.25) is 4.90 Å². The molecule has 2 aromatic rings. The molecule has 1 atom stereocenters. The summed E-state index contributed by atoms with van der Waals surface area (Å²) in [5.74, 6) is 0. The summed E-state index contributed by atoms with van der Waals surface area (Å²) in [5, 5.41) is 3.27. The van der Waals surface area contributed by atoms with Gasteiger partial charge in [0.15, 0.2) is 9.84 Å². The predicted octanol–water partition coefficient (Wildman–Crippen LogP) is 3.30. The monoisotopic (exact) mass is 338 g/mol. The maximum absolute atomic E-state index is 11.5. The highest BCUT2D eigenvalue weighted by atomic mass is 32.2. The van der Waals surface area contributed by atoms with E-state index < -0.39 is 9.84 Å². The van der Waals surface area contributed by atoms with Crippen molar-refractivity contribution in [3.8, 4) is 0 Å². The first-order chi connectivity index (χ1) is 10.3. The van der Waals surface area contributed by atoms with E-state index in [1.165, 1.54) is 6.26 Å². The second-order valence-electron chi connectivity index (χ2n) is 5.52. The van der Waals surface area contributed by atoms with Crippen LogP contribution < -0.4 is 0 Å². The molecule has 1 heterocycles.